The summed E-state index contributed by atoms with van der Waals surface area (Å²) in [5.41, 5.74) is 3.38. The van der Waals surface area contributed by atoms with Gasteiger partial charge in [0.1, 0.15) is 0 Å². The first-order chi connectivity index (χ1) is 12.4. The van der Waals surface area contributed by atoms with Gasteiger partial charge in [0.05, 0.1) is 26.9 Å². The molecule has 0 saturated heterocycles. The minimum atomic E-state index is -0.276. The zero-order valence-corrected chi connectivity index (χ0v) is 17.0. The molecular weight excluding hydrogens is 391 g/mol. The molecule has 3 rings (SSSR count). The lowest BCUT2D eigenvalue weighted by molar-refractivity contribution is 0.0997. The molecule has 0 radical (unpaired) electrons. The standard InChI is InChI=1S/C19H18Cl2N2O2S/c1-11-4-5-13(12(2)10-11)18(24)22-19-23(8-9-25-3)17-15(26-19)7-6-14(20)16(17)21/h4-7,10H,8-9H2,1-3H3. The van der Waals surface area contributed by atoms with Crippen molar-refractivity contribution in [3.63, 3.8) is 0 Å². The summed E-state index contributed by atoms with van der Waals surface area (Å²) in [5.74, 6) is -0.276. The predicted molar refractivity (Wildman–Crippen MR) is 108 cm³/mol. The van der Waals surface area contributed by atoms with Crippen molar-refractivity contribution >= 4 is 50.7 Å². The molecule has 1 amide bonds. The van der Waals surface area contributed by atoms with Crippen molar-refractivity contribution in [3.05, 3.63) is 61.9 Å². The normalized spacial score (nSPS) is 12.1. The number of carbonyl (C=O) groups is 1. The average molecular weight is 409 g/mol. The van der Waals surface area contributed by atoms with E-state index in [2.05, 4.69) is 4.99 Å². The lowest BCUT2D eigenvalue weighted by atomic mass is 10.1. The third-order valence-electron chi connectivity index (χ3n) is 4.06. The van der Waals surface area contributed by atoms with Gasteiger partial charge in [-0.1, -0.05) is 52.2 Å². The molecule has 0 bridgehead atoms. The van der Waals surface area contributed by atoms with E-state index in [0.29, 0.717) is 33.6 Å². The molecule has 0 atom stereocenters. The Labute approximate surface area is 165 Å². The maximum Gasteiger partial charge on any atom is 0.279 e. The third kappa shape index (κ3) is 3.71. The van der Waals surface area contributed by atoms with E-state index in [1.54, 1.807) is 13.2 Å². The number of halogens is 2. The first-order valence-corrected chi connectivity index (χ1v) is 9.62. The molecule has 0 aliphatic rings. The molecule has 0 spiro atoms. The van der Waals surface area contributed by atoms with Crippen LogP contribution in [-0.2, 0) is 11.3 Å². The van der Waals surface area contributed by atoms with E-state index in [9.17, 15) is 4.79 Å². The van der Waals surface area contributed by atoms with Crippen molar-refractivity contribution in [1.29, 1.82) is 0 Å². The number of benzene rings is 2. The Balaban J connectivity index is 2.18. The van der Waals surface area contributed by atoms with Crippen LogP contribution in [0.4, 0.5) is 0 Å². The lowest BCUT2D eigenvalue weighted by Crippen LogP contribution is -2.19. The summed E-state index contributed by atoms with van der Waals surface area (Å²) in [7, 11) is 1.63. The molecule has 26 heavy (non-hydrogen) atoms. The minimum absolute atomic E-state index is 0.276. The molecule has 136 valence electrons. The quantitative estimate of drug-likeness (QED) is 0.608. The lowest BCUT2D eigenvalue weighted by Gasteiger charge is -2.07. The van der Waals surface area contributed by atoms with Gasteiger partial charge in [-0.25, -0.2) is 0 Å². The van der Waals surface area contributed by atoms with Crippen LogP contribution < -0.4 is 4.80 Å². The summed E-state index contributed by atoms with van der Waals surface area (Å²) in [6.45, 7) is 4.90. The second-order valence-corrected chi connectivity index (χ2v) is 7.77. The number of hydrogen-bond donors (Lipinski definition) is 0. The second kappa shape index (κ2) is 7.92. The number of hydrogen-bond acceptors (Lipinski definition) is 3. The molecule has 7 heteroatoms. The van der Waals surface area contributed by atoms with Crippen LogP contribution in [0.5, 0.6) is 0 Å². The highest BCUT2D eigenvalue weighted by Gasteiger charge is 2.14. The Morgan fingerprint density at radius 2 is 2.00 bits per heavy atom. The molecule has 0 aliphatic heterocycles. The van der Waals surface area contributed by atoms with Gasteiger partial charge in [-0.2, -0.15) is 4.99 Å². The van der Waals surface area contributed by atoms with Crippen LogP contribution in [0.15, 0.2) is 35.3 Å². The van der Waals surface area contributed by atoms with Crippen LogP contribution in [0.1, 0.15) is 21.5 Å². The number of carbonyl (C=O) groups excluding carboxylic acids is 1. The Morgan fingerprint density at radius 3 is 2.69 bits per heavy atom. The van der Waals surface area contributed by atoms with Crippen LogP contribution in [-0.4, -0.2) is 24.2 Å². The Kier molecular flexibility index (Phi) is 5.82. The third-order valence-corrected chi connectivity index (χ3v) is 5.90. The zero-order chi connectivity index (χ0) is 18.8. The Bertz CT molecular complexity index is 1050. The summed E-state index contributed by atoms with van der Waals surface area (Å²) in [4.78, 5) is 17.7. The van der Waals surface area contributed by atoms with E-state index in [1.165, 1.54) is 11.3 Å². The summed E-state index contributed by atoms with van der Waals surface area (Å²) < 4.78 is 8.00. The number of methoxy groups -OCH3 is 1. The fraction of sp³-hybridized carbons (Fsp3) is 0.263. The fourth-order valence-electron chi connectivity index (χ4n) is 2.78. The van der Waals surface area contributed by atoms with Crippen molar-refractivity contribution in [3.8, 4) is 0 Å². The van der Waals surface area contributed by atoms with Gasteiger partial charge in [-0.15, -0.1) is 0 Å². The molecule has 1 aromatic heterocycles. The first kappa shape index (κ1) is 19.1. The fourth-order valence-corrected chi connectivity index (χ4v) is 4.32. The molecule has 2 aromatic carbocycles. The summed E-state index contributed by atoms with van der Waals surface area (Å²) in [6.07, 6.45) is 0. The van der Waals surface area contributed by atoms with Crippen molar-refractivity contribution in [2.24, 2.45) is 4.99 Å². The van der Waals surface area contributed by atoms with Crippen molar-refractivity contribution in [2.75, 3.05) is 13.7 Å². The van der Waals surface area contributed by atoms with Gasteiger partial charge in [0.15, 0.2) is 4.80 Å². The Hall–Kier alpha value is -1.66. The van der Waals surface area contributed by atoms with E-state index in [-0.39, 0.29) is 5.91 Å². The molecule has 3 aromatic rings. The maximum atomic E-state index is 12.7. The van der Waals surface area contributed by atoms with Gasteiger partial charge in [0.25, 0.3) is 5.91 Å². The van der Waals surface area contributed by atoms with E-state index >= 15 is 0 Å². The van der Waals surface area contributed by atoms with Gasteiger partial charge in [0, 0.05) is 19.2 Å². The van der Waals surface area contributed by atoms with Gasteiger partial charge >= 0.3 is 0 Å². The zero-order valence-electron chi connectivity index (χ0n) is 14.7. The van der Waals surface area contributed by atoms with Crippen LogP contribution in [0.3, 0.4) is 0 Å². The Morgan fingerprint density at radius 1 is 1.23 bits per heavy atom. The molecule has 0 aliphatic carbocycles. The summed E-state index contributed by atoms with van der Waals surface area (Å²) >= 11 is 14.0. The molecule has 0 unspecified atom stereocenters. The van der Waals surface area contributed by atoms with E-state index in [0.717, 1.165) is 21.3 Å². The van der Waals surface area contributed by atoms with Gasteiger partial charge < -0.3 is 9.30 Å². The van der Waals surface area contributed by atoms with Crippen LogP contribution in [0, 0.1) is 13.8 Å². The van der Waals surface area contributed by atoms with Gasteiger partial charge in [-0.05, 0) is 37.6 Å². The molecule has 0 N–H and O–H groups in total. The first-order valence-electron chi connectivity index (χ1n) is 8.05. The SMILES string of the molecule is COCCn1c(=NC(=O)c2ccc(C)cc2C)sc2ccc(Cl)c(Cl)c21. The van der Waals surface area contributed by atoms with Crippen molar-refractivity contribution < 1.29 is 9.53 Å². The van der Waals surface area contributed by atoms with Crippen LogP contribution in [0.2, 0.25) is 10.0 Å². The van der Waals surface area contributed by atoms with E-state index in [1.807, 2.05) is 42.7 Å². The smallest absolute Gasteiger partial charge is 0.279 e. The van der Waals surface area contributed by atoms with Crippen LogP contribution >= 0.6 is 34.5 Å². The highest BCUT2D eigenvalue weighted by Crippen LogP contribution is 2.32. The molecule has 4 nitrogen and oxygen atoms in total. The highest BCUT2D eigenvalue weighted by molar-refractivity contribution is 7.16. The second-order valence-electron chi connectivity index (χ2n) is 5.97. The molecule has 1 heterocycles. The van der Waals surface area contributed by atoms with E-state index < -0.39 is 0 Å². The van der Waals surface area contributed by atoms with Gasteiger partial charge in [0.2, 0.25) is 0 Å². The van der Waals surface area contributed by atoms with Gasteiger partial charge in [-0.3, -0.25) is 4.79 Å². The average Bonchev–Trinajstić information content (AvgIpc) is 2.94. The number of fused-ring (bicyclic) bond motifs is 1. The number of thiazole rings is 1. The van der Waals surface area contributed by atoms with Crippen LogP contribution in [0.25, 0.3) is 10.2 Å². The number of ether oxygens (including phenoxy) is 1. The highest BCUT2D eigenvalue weighted by atomic mass is 35.5. The summed E-state index contributed by atoms with van der Waals surface area (Å²) in [6, 6.07) is 9.34. The topological polar surface area (TPSA) is 43.6 Å². The number of aromatic nitrogens is 1. The van der Waals surface area contributed by atoms with E-state index in [4.69, 9.17) is 27.9 Å². The van der Waals surface area contributed by atoms with Crippen molar-refractivity contribution in [2.45, 2.75) is 20.4 Å². The minimum Gasteiger partial charge on any atom is -0.383 e. The number of amides is 1. The molecular formula is C19H18Cl2N2O2S. The molecule has 0 saturated carbocycles. The summed E-state index contributed by atoms with van der Waals surface area (Å²) in [5, 5.41) is 0.923. The maximum absolute atomic E-state index is 12.7. The number of nitrogens with zero attached hydrogens (tertiary/aromatic N) is 2. The number of rotatable bonds is 4. The number of aryl methyl sites for hydroxylation is 2. The molecule has 0 fully saturated rings. The monoisotopic (exact) mass is 408 g/mol. The van der Waals surface area contributed by atoms with Crippen molar-refractivity contribution in [1.82, 2.24) is 4.57 Å². The predicted octanol–water partition coefficient (Wildman–Crippen LogP) is 5.01. The largest absolute Gasteiger partial charge is 0.383 e.